The fourth-order valence-corrected chi connectivity index (χ4v) is 2.12. The van der Waals surface area contributed by atoms with E-state index >= 15 is 0 Å². The number of rotatable bonds is 2. The van der Waals surface area contributed by atoms with E-state index in [1.807, 2.05) is 230 Å². The minimum absolute atomic E-state index is 0. The van der Waals surface area contributed by atoms with Crippen LogP contribution in [-0.4, -0.2) is 34.2 Å². The van der Waals surface area contributed by atoms with E-state index in [4.69, 9.17) is 0 Å². The molecule has 3 nitrogen and oxygen atoms in total. The molecule has 0 atom stereocenters. The third-order valence-electron chi connectivity index (χ3n) is 3.41. The first-order valence-corrected chi connectivity index (χ1v) is 17.2. The third kappa shape index (κ3) is 66.0. The quantitative estimate of drug-likeness (QED) is 0.201. The Morgan fingerprint density at radius 1 is 0.319 bits per heavy atom. The lowest BCUT2D eigenvalue weighted by Crippen LogP contribution is -1.99. The van der Waals surface area contributed by atoms with Crippen LogP contribution in [0.4, 0.5) is 0 Å². The zero-order valence-corrected chi connectivity index (χ0v) is 33.4. The van der Waals surface area contributed by atoms with Gasteiger partial charge >= 0.3 is 0 Å². The van der Waals surface area contributed by atoms with Gasteiger partial charge in [0.05, 0.1) is 0 Å². The fraction of sp³-hybridized carbons (Fsp3) is 0.432. The van der Waals surface area contributed by atoms with E-state index in [1.165, 1.54) is 0 Å². The molecular weight excluding hydrogens is 576 g/mol. The molecule has 0 aromatic heterocycles. The average Bonchev–Trinajstić information content (AvgIpc) is 3.20. The Labute approximate surface area is 296 Å². The third-order valence-corrected chi connectivity index (χ3v) is 3.41. The monoisotopic (exact) mass is 657 g/mol. The summed E-state index contributed by atoms with van der Waals surface area (Å²) in [6.07, 6.45) is 0. The van der Waals surface area contributed by atoms with Crippen LogP contribution in [0.15, 0.2) is 133 Å². The van der Waals surface area contributed by atoms with Gasteiger partial charge in [-0.3, -0.25) is 4.79 Å². The van der Waals surface area contributed by atoms with Gasteiger partial charge in [-0.25, -0.2) is 0 Å². The number of ether oxygens (including phenoxy) is 2. The molecule has 0 heterocycles. The lowest BCUT2D eigenvalue weighted by Gasteiger charge is -1.99. The summed E-state index contributed by atoms with van der Waals surface area (Å²) >= 11 is 0. The zero-order valence-electron chi connectivity index (χ0n) is 33.4. The molecule has 4 aromatic rings. The number of hydrogen-bond acceptors (Lipinski definition) is 3. The van der Waals surface area contributed by atoms with Gasteiger partial charge in [0.2, 0.25) is 0 Å². The second-order valence-electron chi connectivity index (χ2n) is 6.19. The van der Waals surface area contributed by atoms with E-state index in [0.29, 0.717) is 0 Å². The van der Waals surface area contributed by atoms with Crippen molar-refractivity contribution in [3.8, 4) is 0 Å². The van der Waals surface area contributed by atoms with Crippen molar-refractivity contribution in [2.75, 3.05) is 28.4 Å². The van der Waals surface area contributed by atoms with Crippen molar-refractivity contribution >= 4 is 5.78 Å². The van der Waals surface area contributed by atoms with Crippen molar-refractivity contribution in [1.29, 1.82) is 0 Å². The van der Waals surface area contributed by atoms with Crippen molar-refractivity contribution in [3.05, 3.63) is 145 Å². The number of benzene rings is 4. The first kappa shape index (κ1) is 66.0. The fourth-order valence-electron chi connectivity index (χ4n) is 2.12. The molecule has 0 aliphatic heterocycles. The van der Waals surface area contributed by atoms with Gasteiger partial charge in [0, 0.05) is 39.6 Å². The van der Waals surface area contributed by atoms with Crippen LogP contribution in [0.3, 0.4) is 0 Å². The second-order valence-corrected chi connectivity index (χ2v) is 6.19. The first-order valence-electron chi connectivity index (χ1n) is 17.2. The molecule has 274 valence electrons. The highest BCUT2D eigenvalue weighted by atomic mass is 16.5. The number of carbonyl (C=O) groups excluding carboxylic acids is 1. The minimum atomic E-state index is 0. The SMILES string of the molecule is C.CC.CC.CC.CC.CC.CC.CC.COC.COC.O=C(c1ccccc1)c1ccccc1.c1ccccc1.c1ccccc1. The van der Waals surface area contributed by atoms with Crippen molar-refractivity contribution in [1.82, 2.24) is 0 Å². The largest absolute Gasteiger partial charge is 0.388 e. The van der Waals surface area contributed by atoms with Gasteiger partial charge in [0.1, 0.15) is 0 Å². The van der Waals surface area contributed by atoms with E-state index in [1.54, 1.807) is 28.4 Å². The lowest BCUT2D eigenvalue weighted by molar-refractivity contribution is 0.103. The average molecular weight is 657 g/mol. The van der Waals surface area contributed by atoms with Gasteiger partial charge in [-0.2, -0.15) is 0 Å². The molecule has 4 rings (SSSR count). The summed E-state index contributed by atoms with van der Waals surface area (Å²) in [5.41, 5.74) is 1.47. The normalized spacial score (nSPS) is 6.60. The van der Waals surface area contributed by atoms with Crippen LogP contribution in [0.2, 0.25) is 0 Å². The van der Waals surface area contributed by atoms with Crippen LogP contribution >= 0.6 is 0 Å². The Morgan fingerprint density at radius 2 is 0.426 bits per heavy atom. The molecule has 0 aliphatic rings. The second kappa shape index (κ2) is 84.1. The summed E-state index contributed by atoms with van der Waals surface area (Å²) in [6.45, 7) is 28.0. The summed E-state index contributed by atoms with van der Waals surface area (Å²) in [6, 6.07) is 42.6. The van der Waals surface area contributed by atoms with E-state index in [9.17, 15) is 4.79 Å². The molecule has 0 saturated carbocycles. The van der Waals surface area contributed by atoms with Crippen LogP contribution in [0.5, 0.6) is 0 Å². The molecule has 0 aliphatic carbocycles. The molecule has 3 heteroatoms. The molecule has 0 N–H and O–H groups in total. The van der Waals surface area contributed by atoms with E-state index in [-0.39, 0.29) is 13.2 Å². The van der Waals surface area contributed by atoms with Crippen molar-refractivity contribution < 1.29 is 14.3 Å². The van der Waals surface area contributed by atoms with Crippen LogP contribution in [0.1, 0.15) is 120 Å². The Bertz CT molecular complexity index is 738. The van der Waals surface area contributed by atoms with Gasteiger partial charge in [-0.05, 0) is 0 Å². The highest BCUT2D eigenvalue weighted by molar-refractivity contribution is 6.08. The summed E-state index contributed by atoms with van der Waals surface area (Å²) in [7, 11) is 6.50. The molecule has 4 aromatic carbocycles. The molecular formula is C44H80O3. The van der Waals surface area contributed by atoms with Crippen molar-refractivity contribution in [2.24, 2.45) is 0 Å². The molecule has 0 fully saturated rings. The zero-order chi connectivity index (χ0) is 37.7. The number of carbonyl (C=O) groups is 1. The van der Waals surface area contributed by atoms with Gasteiger partial charge in [0.25, 0.3) is 0 Å². The van der Waals surface area contributed by atoms with Crippen LogP contribution < -0.4 is 0 Å². The lowest BCUT2D eigenvalue weighted by atomic mass is 10.0. The van der Waals surface area contributed by atoms with Gasteiger partial charge in [0.15, 0.2) is 5.78 Å². The number of methoxy groups -OCH3 is 2. The molecule has 0 unspecified atom stereocenters. The van der Waals surface area contributed by atoms with Crippen LogP contribution in [0, 0.1) is 0 Å². The standard InChI is InChI=1S/C13H10O.2C6H6.2C2H6O.7C2H6.CH4/c14-13(11-7-3-1-4-8-11)12-9-5-2-6-10-12;2*1-2-4-6-5-3-1;2*1-3-2;7*1-2;/h1-10H;2*1-6H;2*1-2H3;7*1-2H3;1H4. The van der Waals surface area contributed by atoms with E-state index < -0.39 is 0 Å². The van der Waals surface area contributed by atoms with Crippen molar-refractivity contribution in [2.45, 2.75) is 104 Å². The topological polar surface area (TPSA) is 35.5 Å². The molecule has 0 saturated heterocycles. The summed E-state index contributed by atoms with van der Waals surface area (Å²) < 4.78 is 8.50. The van der Waals surface area contributed by atoms with Gasteiger partial charge in [-0.15, -0.1) is 0 Å². The van der Waals surface area contributed by atoms with E-state index in [0.717, 1.165) is 11.1 Å². The maximum atomic E-state index is 11.8. The molecule has 0 radical (unpaired) electrons. The molecule has 0 amide bonds. The minimum Gasteiger partial charge on any atom is -0.388 e. The van der Waals surface area contributed by atoms with Crippen molar-refractivity contribution in [3.63, 3.8) is 0 Å². The highest BCUT2D eigenvalue weighted by Crippen LogP contribution is 2.08. The first-order chi connectivity index (χ1) is 22.7. The summed E-state index contributed by atoms with van der Waals surface area (Å²) in [5, 5.41) is 0. The van der Waals surface area contributed by atoms with Crippen LogP contribution in [-0.2, 0) is 9.47 Å². The molecule has 0 bridgehead atoms. The Kier molecular flexibility index (Phi) is 118. The predicted octanol–water partition coefficient (Wildman–Crippen LogP) is 14.6. The van der Waals surface area contributed by atoms with Gasteiger partial charge < -0.3 is 9.47 Å². The highest BCUT2D eigenvalue weighted by Gasteiger charge is 2.06. The number of hydrogen-bond donors (Lipinski definition) is 0. The Balaban J connectivity index is -0.0000000539. The van der Waals surface area contributed by atoms with E-state index in [2.05, 4.69) is 9.47 Å². The maximum Gasteiger partial charge on any atom is 0.193 e. The summed E-state index contributed by atoms with van der Waals surface area (Å²) in [4.78, 5) is 11.8. The molecule has 47 heavy (non-hydrogen) atoms. The Hall–Kier alpha value is -3.53. The predicted molar refractivity (Wildman–Crippen MR) is 221 cm³/mol. The van der Waals surface area contributed by atoms with Gasteiger partial charge in [-0.1, -0.05) is 238 Å². The molecule has 0 spiro atoms. The van der Waals surface area contributed by atoms with Crippen LogP contribution in [0.25, 0.3) is 0 Å². The Morgan fingerprint density at radius 3 is 0.553 bits per heavy atom. The summed E-state index contributed by atoms with van der Waals surface area (Å²) in [5.74, 6) is 0.0752. The maximum absolute atomic E-state index is 11.8. The number of ketones is 1. The smallest absolute Gasteiger partial charge is 0.193 e.